The minimum absolute atomic E-state index is 0.0347. The maximum atomic E-state index is 13.2. The maximum Gasteiger partial charge on any atom is 0.239 e. The summed E-state index contributed by atoms with van der Waals surface area (Å²) in [7, 11) is 0. The molecule has 0 radical (unpaired) electrons. The summed E-state index contributed by atoms with van der Waals surface area (Å²) in [6.45, 7) is 2.37. The fraction of sp³-hybridized carbons (Fsp3) is 0.368. The third-order valence-electron chi connectivity index (χ3n) is 4.36. The molecule has 0 spiro atoms. The summed E-state index contributed by atoms with van der Waals surface area (Å²) in [4.78, 5) is 16.6. The van der Waals surface area contributed by atoms with Crippen LogP contribution < -0.4 is 20.9 Å². The number of benzene rings is 1. The first-order chi connectivity index (χ1) is 12.7. The average Bonchev–Trinajstić information content (AvgIpc) is 3.14. The molecule has 3 atom stereocenters. The second kappa shape index (κ2) is 8.73. The van der Waals surface area contributed by atoms with Crippen molar-refractivity contribution in [1.29, 1.82) is 0 Å². The van der Waals surface area contributed by atoms with Crippen LogP contribution in [-0.4, -0.2) is 29.6 Å². The number of amides is 1. The Balaban J connectivity index is 1.49. The molecular formula is C19H23FN4O2. The zero-order valence-electron chi connectivity index (χ0n) is 14.6. The highest BCUT2D eigenvalue weighted by atomic mass is 19.1. The van der Waals surface area contributed by atoms with Gasteiger partial charge in [-0.1, -0.05) is 19.1 Å². The maximum absolute atomic E-state index is 13.2. The lowest BCUT2D eigenvalue weighted by Gasteiger charge is -2.19. The van der Waals surface area contributed by atoms with Crippen molar-refractivity contribution in [3.05, 3.63) is 60.2 Å². The minimum Gasteiger partial charge on any atom is -0.492 e. The van der Waals surface area contributed by atoms with E-state index in [4.69, 9.17) is 4.74 Å². The van der Waals surface area contributed by atoms with Gasteiger partial charge in [0, 0.05) is 18.5 Å². The topological polar surface area (TPSA) is 75.3 Å². The second-order valence-electron chi connectivity index (χ2n) is 6.30. The fourth-order valence-corrected chi connectivity index (χ4v) is 2.93. The summed E-state index contributed by atoms with van der Waals surface area (Å²) in [6, 6.07) is 9.38. The number of nitrogens with zero attached hydrogens (tertiary/aromatic N) is 1. The Morgan fingerprint density at radius 3 is 3.00 bits per heavy atom. The van der Waals surface area contributed by atoms with Crippen LogP contribution in [-0.2, 0) is 4.79 Å². The van der Waals surface area contributed by atoms with Gasteiger partial charge in [0.15, 0.2) is 0 Å². The predicted molar refractivity (Wildman–Crippen MR) is 95.8 cm³/mol. The van der Waals surface area contributed by atoms with Crippen LogP contribution in [0, 0.1) is 5.82 Å². The number of hydrazine groups is 1. The Kier molecular flexibility index (Phi) is 6.14. The van der Waals surface area contributed by atoms with Crippen LogP contribution in [0.2, 0.25) is 0 Å². The summed E-state index contributed by atoms with van der Waals surface area (Å²) in [5.41, 5.74) is 7.05. The largest absolute Gasteiger partial charge is 0.492 e. The molecule has 1 amide bonds. The lowest BCUT2D eigenvalue weighted by Crippen LogP contribution is -2.44. The molecule has 3 unspecified atom stereocenters. The van der Waals surface area contributed by atoms with Crippen LogP contribution in [0.15, 0.2) is 48.8 Å². The van der Waals surface area contributed by atoms with E-state index in [9.17, 15) is 9.18 Å². The van der Waals surface area contributed by atoms with Gasteiger partial charge in [0.05, 0.1) is 12.1 Å². The lowest BCUT2D eigenvalue weighted by atomic mass is 10.1. The van der Waals surface area contributed by atoms with Crippen molar-refractivity contribution in [1.82, 2.24) is 21.2 Å². The Hall–Kier alpha value is -2.51. The summed E-state index contributed by atoms with van der Waals surface area (Å²) < 4.78 is 18.8. The van der Waals surface area contributed by atoms with Crippen molar-refractivity contribution in [2.75, 3.05) is 6.61 Å². The van der Waals surface area contributed by atoms with Gasteiger partial charge in [0.25, 0.3) is 0 Å². The summed E-state index contributed by atoms with van der Waals surface area (Å²) in [5, 5.41) is 3.05. The number of hydrogen-bond acceptors (Lipinski definition) is 5. The molecule has 2 heterocycles. The van der Waals surface area contributed by atoms with Crippen LogP contribution in [0.25, 0.3) is 0 Å². The molecule has 1 fully saturated rings. The molecular weight excluding hydrogens is 335 g/mol. The molecule has 1 saturated heterocycles. The van der Waals surface area contributed by atoms with E-state index < -0.39 is 0 Å². The first-order valence-electron chi connectivity index (χ1n) is 8.75. The zero-order chi connectivity index (χ0) is 18.4. The van der Waals surface area contributed by atoms with Gasteiger partial charge in [0.2, 0.25) is 5.91 Å². The molecule has 3 N–H and O–H groups in total. The highest BCUT2D eigenvalue weighted by Crippen LogP contribution is 2.17. The number of rotatable bonds is 7. The molecule has 1 aromatic carbocycles. The molecule has 0 aliphatic carbocycles. The zero-order valence-corrected chi connectivity index (χ0v) is 14.6. The summed E-state index contributed by atoms with van der Waals surface area (Å²) >= 11 is 0. The number of pyridine rings is 1. The van der Waals surface area contributed by atoms with Crippen LogP contribution in [0.5, 0.6) is 5.75 Å². The molecule has 138 valence electrons. The number of nitrogens with one attached hydrogen (secondary N) is 3. The lowest BCUT2D eigenvalue weighted by molar-refractivity contribution is -0.123. The number of halogens is 1. The number of carbonyl (C=O) groups excluding carboxylic acids is 1. The molecule has 0 saturated carbocycles. The summed E-state index contributed by atoms with van der Waals surface area (Å²) in [5.74, 6) is 0.0713. The van der Waals surface area contributed by atoms with Gasteiger partial charge < -0.3 is 10.1 Å². The standard InChI is InChI=1S/C19H23FN4O2/c1-2-17(13-5-4-8-21-11-13)22-19(25)18-10-15(23-24-18)12-26-16-7-3-6-14(20)9-16/h3-9,11,15,17-18,23-24H,2,10,12H2,1H3,(H,22,25). The van der Waals surface area contributed by atoms with Crippen molar-refractivity contribution in [2.45, 2.75) is 37.9 Å². The molecule has 7 heteroatoms. The Morgan fingerprint density at radius 2 is 2.27 bits per heavy atom. The van der Waals surface area contributed by atoms with Crippen LogP contribution in [0.1, 0.15) is 31.4 Å². The molecule has 26 heavy (non-hydrogen) atoms. The molecule has 1 aromatic heterocycles. The van der Waals surface area contributed by atoms with E-state index in [-0.39, 0.29) is 29.8 Å². The SMILES string of the molecule is CCC(NC(=O)C1CC(COc2cccc(F)c2)NN1)c1cccnc1. The quantitative estimate of drug-likeness (QED) is 0.707. The van der Waals surface area contributed by atoms with E-state index in [1.165, 1.54) is 12.1 Å². The van der Waals surface area contributed by atoms with Crippen molar-refractivity contribution in [2.24, 2.45) is 0 Å². The molecule has 1 aliphatic heterocycles. The number of carbonyl (C=O) groups is 1. The van der Waals surface area contributed by atoms with Crippen molar-refractivity contribution in [3.8, 4) is 5.75 Å². The average molecular weight is 358 g/mol. The minimum atomic E-state index is -0.346. The van der Waals surface area contributed by atoms with Crippen molar-refractivity contribution >= 4 is 5.91 Å². The highest BCUT2D eigenvalue weighted by molar-refractivity contribution is 5.82. The molecule has 0 bridgehead atoms. The van der Waals surface area contributed by atoms with Crippen molar-refractivity contribution < 1.29 is 13.9 Å². The van der Waals surface area contributed by atoms with E-state index in [1.54, 1.807) is 24.5 Å². The van der Waals surface area contributed by atoms with Gasteiger partial charge >= 0.3 is 0 Å². The number of aromatic nitrogens is 1. The second-order valence-corrected chi connectivity index (χ2v) is 6.30. The third-order valence-corrected chi connectivity index (χ3v) is 4.36. The molecule has 1 aliphatic rings. The third kappa shape index (κ3) is 4.77. The highest BCUT2D eigenvalue weighted by Gasteiger charge is 2.30. The predicted octanol–water partition coefficient (Wildman–Crippen LogP) is 2.10. The van der Waals surface area contributed by atoms with E-state index in [1.807, 2.05) is 19.1 Å². The van der Waals surface area contributed by atoms with E-state index in [2.05, 4.69) is 21.2 Å². The van der Waals surface area contributed by atoms with Crippen LogP contribution >= 0.6 is 0 Å². The first-order valence-corrected chi connectivity index (χ1v) is 8.75. The molecule has 3 rings (SSSR count). The summed E-state index contributed by atoms with van der Waals surface area (Å²) in [6.07, 6.45) is 4.85. The van der Waals surface area contributed by atoms with Gasteiger partial charge in [-0.05, 0) is 36.6 Å². The van der Waals surface area contributed by atoms with Crippen molar-refractivity contribution in [3.63, 3.8) is 0 Å². The van der Waals surface area contributed by atoms with Gasteiger partial charge in [-0.15, -0.1) is 0 Å². The van der Waals surface area contributed by atoms with Gasteiger partial charge in [-0.3, -0.25) is 15.2 Å². The van der Waals surface area contributed by atoms with E-state index >= 15 is 0 Å². The van der Waals surface area contributed by atoms with Gasteiger partial charge in [-0.25, -0.2) is 9.82 Å². The monoisotopic (exact) mass is 358 g/mol. The smallest absolute Gasteiger partial charge is 0.239 e. The first kappa shape index (κ1) is 18.3. The molecule has 2 aromatic rings. The Morgan fingerprint density at radius 1 is 1.38 bits per heavy atom. The number of ether oxygens (including phenoxy) is 1. The van der Waals surface area contributed by atoms with Crippen LogP contribution in [0.4, 0.5) is 4.39 Å². The van der Waals surface area contributed by atoms with E-state index in [0.29, 0.717) is 18.8 Å². The van der Waals surface area contributed by atoms with Gasteiger partial charge in [0.1, 0.15) is 24.2 Å². The van der Waals surface area contributed by atoms with Crippen LogP contribution in [0.3, 0.4) is 0 Å². The molecule has 6 nitrogen and oxygen atoms in total. The normalized spacial score (nSPS) is 20.5. The van der Waals surface area contributed by atoms with Gasteiger partial charge in [-0.2, -0.15) is 0 Å². The number of hydrogen-bond donors (Lipinski definition) is 3. The Labute approximate surface area is 152 Å². The van der Waals surface area contributed by atoms with E-state index in [0.717, 1.165) is 12.0 Å². The fourth-order valence-electron chi connectivity index (χ4n) is 2.93. The Bertz CT molecular complexity index is 728.